The third-order valence-electron chi connectivity index (χ3n) is 3.71. The number of nitrogens with zero attached hydrogens (tertiary/aromatic N) is 1. The second-order valence-corrected chi connectivity index (χ2v) is 4.86. The van der Waals surface area contributed by atoms with Crippen LogP contribution in [0.4, 0.5) is 0 Å². The van der Waals surface area contributed by atoms with E-state index >= 15 is 0 Å². The Bertz CT molecular complexity index is 304. The van der Waals surface area contributed by atoms with Gasteiger partial charge in [-0.05, 0) is 38.8 Å². The minimum atomic E-state index is 0.0489. The van der Waals surface area contributed by atoms with Crippen molar-refractivity contribution in [2.45, 2.75) is 37.8 Å². The molecule has 2 aliphatic rings. The lowest BCUT2D eigenvalue weighted by atomic mass is 10.0. The van der Waals surface area contributed by atoms with Gasteiger partial charge in [-0.25, -0.2) is 0 Å². The molecular formula is C13H21N3O. The molecule has 2 unspecified atom stereocenters. The van der Waals surface area contributed by atoms with E-state index in [4.69, 9.17) is 6.42 Å². The average Bonchev–Trinajstić information content (AvgIpc) is 2.95. The maximum Gasteiger partial charge on any atom is 0.234 e. The molecule has 2 heterocycles. The monoisotopic (exact) mass is 235 g/mol. The van der Waals surface area contributed by atoms with Crippen molar-refractivity contribution in [1.29, 1.82) is 0 Å². The number of rotatable bonds is 4. The van der Waals surface area contributed by atoms with E-state index in [0.29, 0.717) is 25.2 Å². The molecule has 0 aromatic carbocycles. The summed E-state index contributed by atoms with van der Waals surface area (Å²) in [5.41, 5.74) is 0. The first kappa shape index (κ1) is 12.4. The summed E-state index contributed by atoms with van der Waals surface area (Å²) in [5, 5.41) is 6.27. The molecule has 0 aromatic rings. The molecule has 0 aromatic heterocycles. The number of nitrogens with one attached hydrogen (secondary N) is 2. The number of likely N-dealkylation sites (tertiary alicyclic amines) is 1. The van der Waals surface area contributed by atoms with E-state index < -0.39 is 0 Å². The van der Waals surface area contributed by atoms with Crippen LogP contribution >= 0.6 is 0 Å². The Kier molecular flexibility index (Phi) is 4.41. The van der Waals surface area contributed by atoms with Crippen LogP contribution in [-0.2, 0) is 4.79 Å². The smallest absolute Gasteiger partial charge is 0.234 e. The summed E-state index contributed by atoms with van der Waals surface area (Å²) in [5.74, 6) is 2.48. The molecule has 0 spiro atoms. The Balaban J connectivity index is 1.82. The van der Waals surface area contributed by atoms with Crippen molar-refractivity contribution in [2.75, 3.05) is 26.2 Å². The molecule has 2 N–H and O–H groups in total. The Morgan fingerprint density at radius 2 is 2.35 bits per heavy atom. The van der Waals surface area contributed by atoms with Crippen LogP contribution in [0.5, 0.6) is 0 Å². The van der Waals surface area contributed by atoms with Gasteiger partial charge >= 0.3 is 0 Å². The topological polar surface area (TPSA) is 44.4 Å². The summed E-state index contributed by atoms with van der Waals surface area (Å²) in [7, 11) is 0. The van der Waals surface area contributed by atoms with E-state index in [2.05, 4.69) is 21.5 Å². The zero-order valence-corrected chi connectivity index (χ0v) is 10.2. The number of hydrogen-bond acceptors (Lipinski definition) is 3. The Morgan fingerprint density at radius 3 is 3.06 bits per heavy atom. The Labute approximate surface area is 103 Å². The first-order valence-corrected chi connectivity index (χ1v) is 6.49. The van der Waals surface area contributed by atoms with E-state index in [0.717, 1.165) is 13.1 Å². The van der Waals surface area contributed by atoms with Gasteiger partial charge in [-0.2, -0.15) is 0 Å². The van der Waals surface area contributed by atoms with Crippen LogP contribution in [-0.4, -0.2) is 49.1 Å². The van der Waals surface area contributed by atoms with Crippen molar-refractivity contribution < 1.29 is 4.79 Å². The van der Waals surface area contributed by atoms with Crippen LogP contribution in [0.3, 0.4) is 0 Å². The van der Waals surface area contributed by atoms with Gasteiger partial charge in [0, 0.05) is 12.1 Å². The highest BCUT2D eigenvalue weighted by molar-refractivity contribution is 5.78. The van der Waals surface area contributed by atoms with Crippen LogP contribution in [0.2, 0.25) is 0 Å². The molecule has 0 radical (unpaired) electrons. The second-order valence-electron chi connectivity index (χ2n) is 4.86. The fraction of sp³-hybridized carbons (Fsp3) is 0.769. The maximum atomic E-state index is 11.6. The van der Waals surface area contributed by atoms with Crippen molar-refractivity contribution in [2.24, 2.45) is 0 Å². The van der Waals surface area contributed by atoms with Crippen LogP contribution < -0.4 is 10.6 Å². The molecule has 0 saturated carbocycles. The predicted octanol–water partition coefficient (Wildman–Crippen LogP) is -0.0478. The van der Waals surface area contributed by atoms with Crippen molar-refractivity contribution in [3.63, 3.8) is 0 Å². The minimum Gasteiger partial charge on any atom is -0.344 e. The van der Waals surface area contributed by atoms with Gasteiger partial charge in [0.2, 0.25) is 5.91 Å². The predicted molar refractivity (Wildman–Crippen MR) is 67.5 cm³/mol. The molecule has 4 heteroatoms. The lowest BCUT2D eigenvalue weighted by molar-refractivity contribution is -0.122. The number of carbonyl (C=O) groups is 1. The lowest BCUT2D eigenvalue weighted by Crippen LogP contribution is -2.47. The first-order chi connectivity index (χ1) is 8.31. The second kappa shape index (κ2) is 6.04. The summed E-state index contributed by atoms with van der Waals surface area (Å²) in [6.45, 7) is 2.98. The van der Waals surface area contributed by atoms with Gasteiger partial charge in [0.25, 0.3) is 0 Å². The SMILES string of the molecule is C#CCNC(=O)CN1CCCC1C1CCCN1. The highest BCUT2D eigenvalue weighted by Crippen LogP contribution is 2.24. The molecule has 2 aliphatic heterocycles. The summed E-state index contributed by atoms with van der Waals surface area (Å²) in [6, 6.07) is 1.12. The van der Waals surface area contributed by atoms with E-state index in [1.165, 1.54) is 25.7 Å². The molecule has 94 valence electrons. The summed E-state index contributed by atoms with van der Waals surface area (Å²) in [4.78, 5) is 14.0. The van der Waals surface area contributed by atoms with Gasteiger partial charge in [-0.1, -0.05) is 5.92 Å². The van der Waals surface area contributed by atoms with Crippen LogP contribution in [0.25, 0.3) is 0 Å². The van der Waals surface area contributed by atoms with Crippen LogP contribution in [0, 0.1) is 12.3 Å². The summed E-state index contributed by atoms with van der Waals surface area (Å²) < 4.78 is 0. The molecule has 17 heavy (non-hydrogen) atoms. The third kappa shape index (κ3) is 3.21. The average molecular weight is 235 g/mol. The normalized spacial score (nSPS) is 29.1. The maximum absolute atomic E-state index is 11.6. The van der Waals surface area contributed by atoms with E-state index in [1.54, 1.807) is 0 Å². The summed E-state index contributed by atoms with van der Waals surface area (Å²) >= 11 is 0. The van der Waals surface area contributed by atoms with E-state index in [1.807, 2.05) is 0 Å². The fourth-order valence-corrected chi connectivity index (χ4v) is 2.93. The number of carbonyl (C=O) groups excluding carboxylic acids is 1. The first-order valence-electron chi connectivity index (χ1n) is 6.49. The largest absolute Gasteiger partial charge is 0.344 e. The molecule has 0 aliphatic carbocycles. The van der Waals surface area contributed by atoms with Crippen molar-refractivity contribution >= 4 is 5.91 Å². The number of terminal acetylenes is 1. The Hall–Kier alpha value is -1.05. The van der Waals surface area contributed by atoms with Gasteiger partial charge in [-0.3, -0.25) is 9.69 Å². The van der Waals surface area contributed by atoms with Gasteiger partial charge in [0.15, 0.2) is 0 Å². The molecule has 0 bridgehead atoms. The molecule has 1 amide bonds. The van der Waals surface area contributed by atoms with Gasteiger partial charge in [0.1, 0.15) is 0 Å². The minimum absolute atomic E-state index is 0.0489. The van der Waals surface area contributed by atoms with Gasteiger partial charge in [0.05, 0.1) is 13.1 Å². The van der Waals surface area contributed by atoms with Crippen LogP contribution in [0.15, 0.2) is 0 Å². The lowest BCUT2D eigenvalue weighted by Gasteiger charge is -2.28. The Morgan fingerprint density at radius 1 is 1.47 bits per heavy atom. The zero-order chi connectivity index (χ0) is 12.1. The van der Waals surface area contributed by atoms with Crippen molar-refractivity contribution in [3.8, 4) is 12.3 Å². The molecular weight excluding hydrogens is 214 g/mol. The zero-order valence-electron chi connectivity index (χ0n) is 10.2. The number of amides is 1. The standard InChI is InChI=1S/C13H21N3O/c1-2-7-15-13(17)10-16-9-4-6-12(16)11-5-3-8-14-11/h1,11-12,14H,3-10H2,(H,15,17). The third-order valence-corrected chi connectivity index (χ3v) is 3.71. The van der Waals surface area contributed by atoms with Gasteiger partial charge in [-0.15, -0.1) is 6.42 Å². The highest BCUT2D eigenvalue weighted by Gasteiger charge is 2.33. The quantitative estimate of drug-likeness (QED) is 0.672. The van der Waals surface area contributed by atoms with Crippen molar-refractivity contribution in [3.05, 3.63) is 0 Å². The molecule has 4 nitrogen and oxygen atoms in total. The van der Waals surface area contributed by atoms with E-state index in [-0.39, 0.29) is 5.91 Å². The van der Waals surface area contributed by atoms with Crippen molar-refractivity contribution in [1.82, 2.24) is 15.5 Å². The number of hydrogen-bond donors (Lipinski definition) is 2. The van der Waals surface area contributed by atoms with E-state index in [9.17, 15) is 4.79 Å². The summed E-state index contributed by atoms with van der Waals surface area (Å²) in [6.07, 6.45) is 10.0. The molecule has 2 atom stereocenters. The fourth-order valence-electron chi connectivity index (χ4n) is 2.93. The van der Waals surface area contributed by atoms with Gasteiger partial charge < -0.3 is 10.6 Å². The molecule has 2 fully saturated rings. The highest BCUT2D eigenvalue weighted by atomic mass is 16.2. The van der Waals surface area contributed by atoms with Crippen LogP contribution in [0.1, 0.15) is 25.7 Å². The molecule has 2 rings (SSSR count). The molecule has 2 saturated heterocycles.